The summed E-state index contributed by atoms with van der Waals surface area (Å²) in [6.45, 7) is 2.26. The third-order valence-corrected chi connectivity index (χ3v) is 8.29. The Hall–Kier alpha value is -2.48. The second-order valence-electron chi connectivity index (χ2n) is 7.94. The summed E-state index contributed by atoms with van der Waals surface area (Å²) >= 11 is 3.35. The Bertz CT molecular complexity index is 1200. The third kappa shape index (κ3) is 4.80. The van der Waals surface area contributed by atoms with E-state index in [-0.39, 0.29) is 23.3 Å². The lowest BCUT2D eigenvalue weighted by Gasteiger charge is -2.36. The molecule has 32 heavy (non-hydrogen) atoms. The first-order valence-corrected chi connectivity index (χ1v) is 12.8. The zero-order chi connectivity index (χ0) is 22.7. The van der Waals surface area contributed by atoms with Crippen LogP contribution in [0.2, 0.25) is 0 Å². The summed E-state index contributed by atoms with van der Waals surface area (Å²) < 4.78 is 29.3. The van der Waals surface area contributed by atoms with E-state index in [9.17, 15) is 13.2 Å². The van der Waals surface area contributed by atoms with Gasteiger partial charge in [0.25, 0.3) is 0 Å². The summed E-state index contributed by atoms with van der Waals surface area (Å²) in [5.41, 5.74) is 2.98. The van der Waals surface area contributed by atoms with Crippen molar-refractivity contribution in [2.75, 3.05) is 6.54 Å². The Kier molecular flexibility index (Phi) is 6.79. The van der Waals surface area contributed by atoms with E-state index in [1.165, 1.54) is 4.31 Å². The maximum Gasteiger partial charge on any atom is 0.243 e. The average molecular weight is 513 g/mol. The average Bonchev–Trinajstić information content (AvgIpc) is 2.80. The molecule has 0 aromatic heterocycles. The number of hydrogen-bond donors (Lipinski definition) is 1. The second kappa shape index (κ2) is 9.57. The van der Waals surface area contributed by atoms with E-state index in [1.54, 1.807) is 24.3 Å². The summed E-state index contributed by atoms with van der Waals surface area (Å²) in [5.74, 6) is -0.181. The number of nitrogens with one attached hydrogen (secondary N) is 1. The van der Waals surface area contributed by atoms with Crippen LogP contribution in [0.15, 0.2) is 88.2 Å². The van der Waals surface area contributed by atoms with Crippen LogP contribution in [-0.4, -0.2) is 25.2 Å². The molecular weight excluding hydrogens is 488 g/mol. The summed E-state index contributed by atoms with van der Waals surface area (Å²) in [7, 11) is -3.76. The Morgan fingerprint density at radius 2 is 1.69 bits per heavy atom. The number of nitrogens with zero attached hydrogens (tertiary/aromatic N) is 1. The highest BCUT2D eigenvalue weighted by Gasteiger charge is 2.37. The van der Waals surface area contributed by atoms with Gasteiger partial charge in [0.05, 0.1) is 17.0 Å². The molecule has 166 valence electrons. The zero-order valence-electron chi connectivity index (χ0n) is 17.7. The molecule has 3 aromatic carbocycles. The van der Waals surface area contributed by atoms with Gasteiger partial charge in [-0.3, -0.25) is 4.79 Å². The molecule has 1 amide bonds. The van der Waals surface area contributed by atoms with Crippen molar-refractivity contribution in [2.45, 2.75) is 36.7 Å². The first-order valence-electron chi connectivity index (χ1n) is 10.6. The number of rotatable bonds is 6. The Morgan fingerprint density at radius 1 is 1.03 bits per heavy atom. The van der Waals surface area contributed by atoms with Gasteiger partial charge in [0.1, 0.15) is 0 Å². The standard InChI is InChI=1S/C25H25BrN2O3S/c1-18(19-7-3-2-4-8-19)27-25(29)17-24-23-10-6-5-9-20(23)15-16-28(24)32(30,31)22-13-11-21(26)12-14-22/h2-14,18,24H,15-17H2,1H3,(H,27,29)/t18-,24-/m1/s1. The Labute approximate surface area is 197 Å². The molecule has 0 saturated carbocycles. The van der Waals surface area contributed by atoms with Gasteiger partial charge in [-0.1, -0.05) is 70.5 Å². The first-order chi connectivity index (χ1) is 15.4. The van der Waals surface area contributed by atoms with Crippen molar-refractivity contribution in [3.8, 4) is 0 Å². The van der Waals surface area contributed by atoms with E-state index in [0.29, 0.717) is 13.0 Å². The molecule has 0 unspecified atom stereocenters. The van der Waals surface area contributed by atoms with Gasteiger partial charge in [-0.2, -0.15) is 4.31 Å². The van der Waals surface area contributed by atoms with Gasteiger partial charge in [0, 0.05) is 17.4 Å². The lowest BCUT2D eigenvalue weighted by Crippen LogP contribution is -2.42. The Balaban J connectivity index is 1.62. The quantitative estimate of drug-likeness (QED) is 0.504. The molecule has 1 aliphatic rings. The van der Waals surface area contributed by atoms with Gasteiger partial charge in [-0.25, -0.2) is 8.42 Å². The van der Waals surface area contributed by atoms with Crippen molar-refractivity contribution >= 4 is 31.9 Å². The van der Waals surface area contributed by atoms with Gasteiger partial charge >= 0.3 is 0 Å². The monoisotopic (exact) mass is 512 g/mol. The molecule has 1 N–H and O–H groups in total. The van der Waals surface area contributed by atoms with E-state index >= 15 is 0 Å². The third-order valence-electron chi connectivity index (χ3n) is 5.84. The molecule has 0 radical (unpaired) electrons. The molecule has 1 heterocycles. The van der Waals surface area contributed by atoms with E-state index in [2.05, 4.69) is 21.2 Å². The molecule has 2 atom stereocenters. The van der Waals surface area contributed by atoms with Crippen LogP contribution in [0.1, 0.15) is 42.1 Å². The minimum Gasteiger partial charge on any atom is -0.350 e. The smallest absolute Gasteiger partial charge is 0.243 e. The van der Waals surface area contributed by atoms with Crippen molar-refractivity contribution in [2.24, 2.45) is 0 Å². The van der Waals surface area contributed by atoms with Crippen molar-refractivity contribution in [3.63, 3.8) is 0 Å². The highest BCUT2D eigenvalue weighted by molar-refractivity contribution is 9.10. The van der Waals surface area contributed by atoms with Crippen LogP contribution in [0.4, 0.5) is 0 Å². The highest BCUT2D eigenvalue weighted by Crippen LogP contribution is 2.36. The van der Waals surface area contributed by atoms with Gasteiger partial charge in [-0.05, 0) is 54.3 Å². The number of hydrogen-bond acceptors (Lipinski definition) is 3. The van der Waals surface area contributed by atoms with Crippen LogP contribution in [0.5, 0.6) is 0 Å². The molecule has 0 aliphatic carbocycles. The number of benzene rings is 3. The molecule has 0 fully saturated rings. The van der Waals surface area contributed by atoms with Crippen LogP contribution < -0.4 is 5.32 Å². The first kappa shape index (κ1) is 22.7. The maximum atomic E-state index is 13.5. The van der Waals surface area contributed by atoms with Crippen LogP contribution in [-0.2, 0) is 21.2 Å². The van der Waals surface area contributed by atoms with Gasteiger partial charge in [0.2, 0.25) is 15.9 Å². The van der Waals surface area contributed by atoms with Crippen molar-refractivity contribution in [1.29, 1.82) is 0 Å². The van der Waals surface area contributed by atoms with Gasteiger partial charge in [-0.15, -0.1) is 0 Å². The predicted octanol–water partition coefficient (Wildman–Crippen LogP) is 5.00. The van der Waals surface area contributed by atoms with E-state index in [4.69, 9.17) is 0 Å². The van der Waals surface area contributed by atoms with Crippen LogP contribution >= 0.6 is 15.9 Å². The van der Waals surface area contributed by atoms with Crippen LogP contribution in [0.3, 0.4) is 0 Å². The molecule has 5 nitrogen and oxygen atoms in total. The number of carbonyl (C=O) groups excluding carboxylic acids is 1. The molecular formula is C25H25BrN2O3S. The van der Waals surface area contributed by atoms with Gasteiger partial charge in [0.15, 0.2) is 0 Å². The minimum atomic E-state index is -3.76. The number of carbonyl (C=O) groups is 1. The summed E-state index contributed by atoms with van der Waals surface area (Å²) in [5, 5.41) is 3.03. The van der Waals surface area contributed by atoms with E-state index in [0.717, 1.165) is 21.2 Å². The molecule has 0 bridgehead atoms. The number of halogens is 1. The number of fused-ring (bicyclic) bond motifs is 1. The van der Waals surface area contributed by atoms with E-state index in [1.807, 2.05) is 61.5 Å². The summed E-state index contributed by atoms with van der Waals surface area (Å²) in [6.07, 6.45) is 0.675. The molecule has 3 aromatic rings. The fraction of sp³-hybridized carbons (Fsp3) is 0.240. The summed E-state index contributed by atoms with van der Waals surface area (Å²) in [6, 6.07) is 23.4. The number of amides is 1. The zero-order valence-corrected chi connectivity index (χ0v) is 20.1. The Morgan fingerprint density at radius 3 is 2.41 bits per heavy atom. The van der Waals surface area contributed by atoms with Crippen LogP contribution in [0, 0.1) is 0 Å². The number of sulfonamides is 1. The van der Waals surface area contributed by atoms with Crippen molar-refractivity contribution in [3.05, 3.63) is 100 Å². The summed E-state index contributed by atoms with van der Waals surface area (Å²) in [4.78, 5) is 13.2. The molecule has 0 saturated heterocycles. The topological polar surface area (TPSA) is 66.5 Å². The van der Waals surface area contributed by atoms with Gasteiger partial charge < -0.3 is 5.32 Å². The fourth-order valence-electron chi connectivity index (χ4n) is 4.17. The minimum absolute atomic E-state index is 0.0595. The van der Waals surface area contributed by atoms with Crippen LogP contribution in [0.25, 0.3) is 0 Å². The van der Waals surface area contributed by atoms with E-state index < -0.39 is 16.1 Å². The maximum absolute atomic E-state index is 13.5. The van der Waals surface area contributed by atoms with Crippen molar-refractivity contribution in [1.82, 2.24) is 9.62 Å². The molecule has 0 spiro atoms. The highest BCUT2D eigenvalue weighted by atomic mass is 79.9. The largest absolute Gasteiger partial charge is 0.350 e. The lowest BCUT2D eigenvalue weighted by molar-refractivity contribution is -0.122. The normalized spacial score (nSPS) is 17.4. The second-order valence-corrected chi connectivity index (χ2v) is 10.7. The van der Waals surface area contributed by atoms with Crippen molar-refractivity contribution < 1.29 is 13.2 Å². The lowest BCUT2D eigenvalue weighted by atomic mass is 9.92. The fourth-order valence-corrected chi connectivity index (χ4v) is 6.04. The molecule has 7 heteroatoms. The molecule has 1 aliphatic heterocycles. The predicted molar refractivity (Wildman–Crippen MR) is 129 cm³/mol. The SMILES string of the molecule is C[C@@H](NC(=O)C[C@@H]1c2ccccc2CCN1S(=O)(=O)c1ccc(Br)cc1)c1ccccc1. The molecule has 4 rings (SSSR count).